The first kappa shape index (κ1) is 25.9. The highest BCUT2D eigenvalue weighted by Crippen LogP contribution is 2.27. The Morgan fingerprint density at radius 2 is 1.82 bits per heavy atom. The van der Waals surface area contributed by atoms with Crippen molar-refractivity contribution in [2.45, 2.75) is 32.9 Å². The molecule has 0 amide bonds. The van der Waals surface area contributed by atoms with Crippen molar-refractivity contribution in [1.82, 2.24) is 19.5 Å². The van der Waals surface area contributed by atoms with Crippen molar-refractivity contribution in [3.8, 4) is 17.5 Å². The standard InChI is InChI=1S/C26H26N8O4/c1-14(2)38-20(35)13-37-19-11-7-10-18-21(19)25(36)34(16-8-5-4-6-9-16)24(31-18)15(3)30-23-17(12-27)22(28)32-26(29)33-23/h4-11,14-15H,13H2,1-3H3,(H5,28,29,30,32,33). The quantitative estimate of drug-likeness (QED) is 0.294. The van der Waals surface area contributed by atoms with E-state index in [0.29, 0.717) is 17.0 Å². The lowest BCUT2D eigenvalue weighted by atomic mass is 10.1. The number of nitrogens with zero attached hydrogens (tertiary/aromatic N) is 5. The monoisotopic (exact) mass is 514 g/mol. The van der Waals surface area contributed by atoms with Gasteiger partial charge in [0.1, 0.15) is 34.4 Å². The molecule has 0 radical (unpaired) electrons. The minimum atomic E-state index is -0.640. The van der Waals surface area contributed by atoms with Crippen LogP contribution in [0.5, 0.6) is 5.75 Å². The van der Waals surface area contributed by atoms with Crippen LogP contribution >= 0.6 is 0 Å². The van der Waals surface area contributed by atoms with Crippen LogP contribution in [0.15, 0.2) is 53.3 Å². The fourth-order valence-corrected chi connectivity index (χ4v) is 3.87. The van der Waals surface area contributed by atoms with Crippen molar-refractivity contribution >= 4 is 34.5 Å². The number of anilines is 3. The van der Waals surface area contributed by atoms with Crippen LogP contribution in [-0.2, 0) is 9.53 Å². The van der Waals surface area contributed by atoms with E-state index in [1.165, 1.54) is 4.57 Å². The minimum absolute atomic E-state index is 0.0180. The summed E-state index contributed by atoms with van der Waals surface area (Å²) in [5, 5.41) is 12.8. The predicted molar refractivity (Wildman–Crippen MR) is 142 cm³/mol. The molecule has 0 aliphatic carbocycles. The Labute approximate surface area is 217 Å². The van der Waals surface area contributed by atoms with Crippen LogP contribution in [0.1, 0.15) is 38.2 Å². The Balaban J connectivity index is 1.84. The van der Waals surface area contributed by atoms with E-state index >= 15 is 0 Å². The highest BCUT2D eigenvalue weighted by Gasteiger charge is 2.22. The molecule has 0 saturated heterocycles. The summed E-state index contributed by atoms with van der Waals surface area (Å²) in [5.41, 5.74) is 12.1. The fourth-order valence-electron chi connectivity index (χ4n) is 3.87. The van der Waals surface area contributed by atoms with Crippen molar-refractivity contribution < 1.29 is 14.3 Å². The Kier molecular flexibility index (Phi) is 7.38. The predicted octanol–water partition coefficient (Wildman–Crippen LogP) is 2.72. The molecule has 5 N–H and O–H groups in total. The SMILES string of the molecule is CC(C)OC(=O)COc1cccc2nc(C(C)Nc3nc(N)nc(N)c3C#N)n(-c3ccccc3)c(=O)c12. The number of carbonyl (C=O) groups is 1. The van der Waals surface area contributed by atoms with Crippen LogP contribution < -0.4 is 27.1 Å². The average molecular weight is 515 g/mol. The van der Waals surface area contributed by atoms with Gasteiger partial charge in [0.05, 0.1) is 23.3 Å². The summed E-state index contributed by atoms with van der Waals surface area (Å²) in [6.07, 6.45) is -0.297. The Morgan fingerprint density at radius 3 is 2.50 bits per heavy atom. The minimum Gasteiger partial charge on any atom is -0.481 e. The molecule has 1 unspecified atom stereocenters. The zero-order valence-corrected chi connectivity index (χ0v) is 21.0. The number of nitriles is 1. The number of para-hydroxylation sites is 1. The number of esters is 1. The van der Waals surface area contributed by atoms with Crippen molar-refractivity contribution in [2.75, 3.05) is 23.4 Å². The summed E-state index contributed by atoms with van der Waals surface area (Å²) in [4.78, 5) is 38.7. The summed E-state index contributed by atoms with van der Waals surface area (Å²) in [7, 11) is 0. The highest BCUT2D eigenvalue weighted by atomic mass is 16.6. The number of rotatable bonds is 8. The topological polar surface area (TPSA) is 184 Å². The van der Waals surface area contributed by atoms with E-state index in [1.54, 1.807) is 63.2 Å². The molecule has 194 valence electrons. The summed E-state index contributed by atoms with van der Waals surface area (Å²) in [6, 6.07) is 15.2. The van der Waals surface area contributed by atoms with E-state index < -0.39 is 17.6 Å². The Hall–Kier alpha value is -5.18. The molecule has 2 aromatic heterocycles. The Morgan fingerprint density at radius 1 is 1.08 bits per heavy atom. The second kappa shape index (κ2) is 10.8. The van der Waals surface area contributed by atoms with E-state index in [2.05, 4.69) is 15.3 Å². The molecule has 4 aromatic rings. The van der Waals surface area contributed by atoms with Gasteiger partial charge < -0.3 is 26.3 Å². The van der Waals surface area contributed by atoms with Gasteiger partial charge in [-0.1, -0.05) is 24.3 Å². The molecule has 1 atom stereocenters. The molecule has 12 nitrogen and oxygen atoms in total. The van der Waals surface area contributed by atoms with Gasteiger partial charge in [0.25, 0.3) is 5.56 Å². The van der Waals surface area contributed by atoms with Crippen molar-refractivity contribution in [2.24, 2.45) is 0 Å². The van der Waals surface area contributed by atoms with Gasteiger partial charge in [0, 0.05) is 0 Å². The number of benzene rings is 2. The van der Waals surface area contributed by atoms with Gasteiger partial charge in [0.2, 0.25) is 5.95 Å². The van der Waals surface area contributed by atoms with Crippen LogP contribution in [-0.4, -0.2) is 38.2 Å². The summed E-state index contributed by atoms with van der Waals surface area (Å²) >= 11 is 0. The third-order valence-electron chi connectivity index (χ3n) is 5.42. The molecule has 2 aromatic carbocycles. The van der Waals surface area contributed by atoms with Gasteiger partial charge in [-0.15, -0.1) is 0 Å². The average Bonchev–Trinajstić information content (AvgIpc) is 2.87. The second-order valence-corrected chi connectivity index (χ2v) is 8.59. The first-order valence-corrected chi connectivity index (χ1v) is 11.7. The number of fused-ring (bicyclic) bond motifs is 1. The van der Waals surface area contributed by atoms with Gasteiger partial charge in [-0.3, -0.25) is 9.36 Å². The van der Waals surface area contributed by atoms with E-state index in [-0.39, 0.29) is 47.0 Å². The van der Waals surface area contributed by atoms with E-state index in [4.69, 9.17) is 25.9 Å². The van der Waals surface area contributed by atoms with Crippen LogP contribution in [0.3, 0.4) is 0 Å². The number of hydrogen-bond acceptors (Lipinski definition) is 11. The molecule has 4 rings (SSSR count). The maximum Gasteiger partial charge on any atom is 0.344 e. The molecular formula is C26H26N8O4. The molecule has 12 heteroatoms. The highest BCUT2D eigenvalue weighted by molar-refractivity contribution is 5.85. The number of carbonyl (C=O) groups excluding carboxylic acids is 1. The number of nitrogens with one attached hydrogen (secondary N) is 1. The molecule has 0 spiro atoms. The summed E-state index contributed by atoms with van der Waals surface area (Å²) in [6.45, 7) is 4.86. The number of hydrogen-bond donors (Lipinski definition) is 3. The summed E-state index contributed by atoms with van der Waals surface area (Å²) in [5.74, 6) is -0.107. The van der Waals surface area contributed by atoms with Crippen molar-refractivity contribution in [1.29, 1.82) is 5.26 Å². The van der Waals surface area contributed by atoms with Crippen LogP contribution in [0.2, 0.25) is 0 Å². The number of nitrogens with two attached hydrogens (primary N) is 2. The van der Waals surface area contributed by atoms with E-state index in [0.717, 1.165) is 0 Å². The molecule has 0 aliphatic rings. The molecule has 2 heterocycles. The summed E-state index contributed by atoms with van der Waals surface area (Å²) < 4.78 is 12.2. The van der Waals surface area contributed by atoms with Gasteiger partial charge in [-0.05, 0) is 45.0 Å². The first-order chi connectivity index (χ1) is 18.2. The number of nitrogen functional groups attached to an aromatic ring is 2. The zero-order valence-electron chi connectivity index (χ0n) is 21.0. The Bertz CT molecular complexity index is 1600. The molecule has 0 aliphatic heterocycles. The molecule has 0 fully saturated rings. The lowest BCUT2D eigenvalue weighted by Crippen LogP contribution is -2.28. The zero-order chi connectivity index (χ0) is 27.4. The smallest absolute Gasteiger partial charge is 0.344 e. The maximum absolute atomic E-state index is 14.0. The maximum atomic E-state index is 14.0. The third-order valence-corrected chi connectivity index (χ3v) is 5.42. The lowest BCUT2D eigenvalue weighted by molar-refractivity contribution is -0.149. The number of ether oxygens (including phenoxy) is 2. The number of aromatic nitrogens is 4. The van der Waals surface area contributed by atoms with Gasteiger partial charge >= 0.3 is 5.97 Å². The van der Waals surface area contributed by atoms with Crippen LogP contribution in [0.4, 0.5) is 17.6 Å². The van der Waals surface area contributed by atoms with Gasteiger partial charge in [-0.25, -0.2) is 9.78 Å². The molecular weight excluding hydrogens is 488 g/mol. The van der Waals surface area contributed by atoms with Crippen molar-refractivity contribution in [3.63, 3.8) is 0 Å². The molecule has 38 heavy (non-hydrogen) atoms. The molecule has 0 saturated carbocycles. The fraction of sp³-hybridized carbons (Fsp3) is 0.231. The van der Waals surface area contributed by atoms with E-state index in [9.17, 15) is 14.9 Å². The van der Waals surface area contributed by atoms with E-state index in [1.807, 2.05) is 12.1 Å². The van der Waals surface area contributed by atoms with Gasteiger partial charge in [-0.2, -0.15) is 15.2 Å². The largest absolute Gasteiger partial charge is 0.481 e. The van der Waals surface area contributed by atoms with Crippen LogP contribution in [0, 0.1) is 11.3 Å². The lowest BCUT2D eigenvalue weighted by Gasteiger charge is -2.21. The van der Waals surface area contributed by atoms with Gasteiger partial charge in [0.15, 0.2) is 12.4 Å². The molecule has 0 bridgehead atoms. The van der Waals surface area contributed by atoms with Crippen LogP contribution in [0.25, 0.3) is 16.6 Å². The first-order valence-electron chi connectivity index (χ1n) is 11.7. The second-order valence-electron chi connectivity index (χ2n) is 8.59. The van der Waals surface area contributed by atoms with Crippen molar-refractivity contribution in [3.05, 3.63) is 70.3 Å². The normalized spacial score (nSPS) is 11.7. The third kappa shape index (κ3) is 5.31.